The van der Waals surface area contributed by atoms with Crippen LogP contribution >= 0.6 is 22.9 Å². The largest absolute Gasteiger partial charge is 0.493 e. The highest BCUT2D eigenvalue weighted by molar-refractivity contribution is 7.17. The topological polar surface area (TPSA) is 56.3 Å². The number of nitrogens with zero attached hydrogens (tertiary/aromatic N) is 2. The van der Waals surface area contributed by atoms with Crippen molar-refractivity contribution in [1.29, 1.82) is 0 Å². The Balaban J connectivity index is 1.85. The number of benzene rings is 2. The Morgan fingerprint density at radius 2 is 1.86 bits per heavy atom. The minimum Gasteiger partial charge on any atom is -0.493 e. The van der Waals surface area contributed by atoms with Gasteiger partial charge in [0.2, 0.25) is 0 Å². The average molecular weight is 412 g/mol. The smallest absolute Gasteiger partial charge is 0.161 e. The van der Waals surface area contributed by atoms with Crippen molar-refractivity contribution in [3.05, 3.63) is 58.7 Å². The molecule has 1 N–H and O–H groups in total. The molecule has 0 atom stereocenters. The van der Waals surface area contributed by atoms with Gasteiger partial charge in [0.25, 0.3) is 0 Å². The minimum atomic E-state index is 0.677. The molecular weight excluding hydrogens is 394 g/mol. The Labute approximate surface area is 171 Å². The Hall–Kier alpha value is -2.83. The Kier molecular flexibility index (Phi) is 5.07. The summed E-state index contributed by atoms with van der Waals surface area (Å²) >= 11 is 7.84. The van der Waals surface area contributed by atoms with Gasteiger partial charge in [0.15, 0.2) is 11.5 Å². The first-order valence-electron chi connectivity index (χ1n) is 8.59. The fourth-order valence-corrected chi connectivity index (χ4v) is 4.15. The van der Waals surface area contributed by atoms with Gasteiger partial charge in [-0.2, -0.15) is 0 Å². The van der Waals surface area contributed by atoms with E-state index in [0.29, 0.717) is 16.5 Å². The quantitative estimate of drug-likeness (QED) is 0.431. The number of thiophene rings is 1. The molecule has 2 aromatic heterocycles. The van der Waals surface area contributed by atoms with Crippen LogP contribution in [-0.4, -0.2) is 24.2 Å². The number of anilines is 2. The van der Waals surface area contributed by atoms with E-state index in [0.717, 1.165) is 38.4 Å². The zero-order chi connectivity index (χ0) is 19.7. The predicted octanol–water partition coefficient (Wildman–Crippen LogP) is 6.08. The van der Waals surface area contributed by atoms with Gasteiger partial charge in [0.1, 0.15) is 17.0 Å². The van der Waals surface area contributed by atoms with Gasteiger partial charge < -0.3 is 14.8 Å². The number of aromatic nitrogens is 2. The molecule has 28 heavy (non-hydrogen) atoms. The van der Waals surface area contributed by atoms with E-state index in [9.17, 15) is 0 Å². The molecule has 0 radical (unpaired) electrons. The summed E-state index contributed by atoms with van der Waals surface area (Å²) in [5, 5.41) is 7.17. The standard InChI is InChI=1S/C21H18ClN3O2S/c1-12-15(22)5-4-6-16(12)25-20-19-14(10-28-21(19)24-11-23-20)13-7-8-17(26-2)18(9-13)27-3/h4-11H,1-3H3,(H,23,24,25). The van der Waals surface area contributed by atoms with Gasteiger partial charge in [-0.3, -0.25) is 0 Å². The molecule has 0 unspecified atom stereocenters. The third-order valence-electron chi connectivity index (χ3n) is 4.59. The maximum atomic E-state index is 6.27. The van der Waals surface area contributed by atoms with Crippen LogP contribution in [0.15, 0.2) is 48.1 Å². The molecule has 4 rings (SSSR count). The van der Waals surface area contributed by atoms with E-state index in [1.807, 2.05) is 43.3 Å². The lowest BCUT2D eigenvalue weighted by Gasteiger charge is -2.12. The molecule has 0 aliphatic carbocycles. The predicted molar refractivity (Wildman–Crippen MR) is 115 cm³/mol. The molecule has 7 heteroatoms. The van der Waals surface area contributed by atoms with Crippen molar-refractivity contribution in [1.82, 2.24) is 9.97 Å². The second-order valence-electron chi connectivity index (χ2n) is 6.16. The monoisotopic (exact) mass is 411 g/mol. The molecule has 0 saturated heterocycles. The third-order valence-corrected chi connectivity index (χ3v) is 5.88. The molecule has 0 amide bonds. The van der Waals surface area contributed by atoms with Crippen LogP contribution in [0.1, 0.15) is 5.56 Å². The molecule has 0 fully saturated rings. The molecule has 0 aliphatic rings. The first-order valence-corrected chi connectivity index (χ1v) is 9.85. The summed E-state index contributed by atoms with van der Waals surface area (Å²) in [6, 6.07) is 11.6. The van der Waals surface area contributed by atoms with Crippen LogP contribution in [0.25, 0.3) is 21.3 Å². The molecule has 2 heterocycles. The second-order valence-corrected chi connectivity index (χ2v) is 7.42. The van der Waals surface area contributed by atoms with Gasteiger partial charge in [-0.05, 0) is 42.3 Å². The summed E-state index contributed by atoms with van der Waals surface area (Å²) in [6.45, 7) is 1.98. The molecular formula is C21H18ClN3O2S. The lowest BCUT2D eigenvalue weighted by atomic mass is 10.1. The number of methoxy groups -OCH3 is 2. The van der Waals surface area contributed by atoms with Crippen LogP contribution in [0.2, 0.25) is 5.02 Å². The van der Waals surface area contributed by atoms with Crippen LogP contribution < -0.4 is 14.8 Å². The van der Waals surface area contributed by atoms with Gasteiger partial charge in [-0.25, -0.2) is 9.97 Å². The molecule has 4 aromatic rings. The summed E-state index contributed by atoms with van der Waals surface area (Å²) in [7, 11) is 3.26. The maximum Gasteiger partial charge on any atom is 0.161 e. The Morgan fingerprint density at radius 1 is 1.04 bits per heavy atom. The highest BCUT2D eigenvalue weighted by Crippen LogP contribution is 2.40. The van der Waals surface area contributed by atoms with E-state index in [1.165, 1.54) is 0 Å². The van der Waals surface area contributed by atoms with E-state index in [-0.39, 0.29) is 0 Å². The fraction of sp³-hybridized carbons (Fsp3) is 0.143. The molecule has 142 valence electrons. The van der Waals surface area contributed by atoms with Gasteiger partial charge >= 0.3 is 0 Å². The molecule has 0 bridgehead atoms. The van der Waals surface area contributed by atoms with E-state index >= 15 is 0 Å². The lowest BCUT2D eigenvalue weighted by Crippen LogP contribution is -1.98. The van der Waals surface area contributed by atoms with Crippen LogP contribution in [0.4, 0.5) is 11.5 Å². The van der Waals surface area contributed by atoms with Crippen molar-refractivity contribution in [2.75, 3.05) is 19.5 Å². The van der Waals surface area contributed by atoms with Gasteiger partial charge in [0, 0.05) is 21.7 Å². The van der Waals surface area contributed by atoms with E-state index < -0.39 is 0 Å². The molecule has 5 nitrogen and oxygen atoms in total. The van der Waals surface area contributed by atoms with Crippen LogP contribution in [0.5, 0.6) is 11.5 Å². The zero-order valence-electron chi connectivity index (χ0n) is 15.6. The van der Waals surface area contributed by atoms with E-state index in [1.54, 1.807) is 31.9 Å². The molecule has 0 saturated carbocycles. The second kappa shape index (κ2) is 7.66. The van der Waals surface area contributed by atoms with Crippen LogP contribution in [0.3, 0.4) is 0 Å². The van der Waals surface area contributed by atoms with Crippen molar-refractivity contribution in [2.24, 2.45) is 0 Å². The van der Waals surface area contributed by atoms with Crippen molar-refractivity contribution < 1.29 is 9.47 Å². The number of fused-ring (bicyclic) bond motifs is 1. The minimum absolute atomic E-state index is 0.677. The van der Waals surface area contributed by atoms with Crippen LogP contribution in [0, 0.1) is 6.92 Å². The van der Waals surface area contributed by atoms with Crippen molar-refractivity contribution in [3.63, 3.8) is 0 Å². The number of hydrogen-bond acceptors (Lipinski definition) is 6. The first-order chi connectivity index (χ1) is 13.6. The Morgan fingerprint density at radius 3 is 2.64 bits per heavy atom. The molecule has 0 spiro atoms. The van der Waals surface area contributed by atoms with Crippen molar-refractivity contribution in [3.8, 4) is 22.6 Å². The van der Waals surface area contributed by atoms with Gasteiger partial charge in [0.05, 0.1) is 19.6 Å². The van der Waals surface area contributed by atoms with E-state index in [4.69, 9.17) is 21.1 Å². The van der Waals surface area contributed by atoms with Crippen molar-refractivity contribution >= 4 is 44.7 Å². The van der Waals surface area contributed by atoms with E-state index in [2.05, 4.69) is 20.7 Å². The SMILES string of the molecule is COc1ccc(-c2csc3ncnc(Nc4cccc(Cl)c4C)c23)cc1OC. The van der Waals surface area contributed by atoms with Crippen LogP contribution in [-0.2, 0) is 0 Å². The van der Waals surface area contributed by atoms with Gasteiger partial charge in [-0.15, -0.1) is 11.3 Å². The summed E-state index contributed by atoms with van der Waals surface area (Å²) in [4.78, 5) is 9.83. The average Bonchev–Trinajstić information content (AvgIpc) is 3.16. The summed E-state index contributed by atoms with van der Waals surface area (Å²) in [5.41, 5.74) is 3.92. The number of nitrogens with one attached hydrogen (secondary N) is 1. The Bertz CT molecular complexity index is 1160. The highest BCUT2D eigenvalue weighted by atomic mass is 35.5. The number of rotatable bonds is 5. The number of ether oxygens (including phenoxy) is 2. The highest BCUT2D eigenvalue weighted by Gasteiger charge is 2.16. The molecule has 2 aromatic carbocycles. The zero-order valence-corrected chi connectivity index (χ0v) is 17.2. The lowest BCUT2D eigenvalue weighted by molar-refractivity contribution is 0.355. The molecule has 0 aliphatic heterocycles. The first kappa shape index (κ1) is 18.5. The number of halogens is 1. The maximum absolute atomic E-state index is 6.27. The number of hydrogen-bond donors (Lipinski definition) is 1. The summed E-state index contributed by atoms with van der Waals surface area (Å²) < 4.78 is 10.8. The third kappa shape index (κ3) is 3.25. The van der Waals surface area contributed by atoms with Gasteiger partial charge in [-0.1, -0.05) is 23.7 Å². The summed E-state index contributed by atoms with van der Waals surface area (Å²) in [6.07, 6.45) is 1.57. The van der Waals surface area contributed by atoms with Crippen molar-refractivity contribution in [2.45, 2.75) is 6.92 Å². The fourth-order valence-electron chi connectivity index (χ4n) is 3.06. The summed E-state index contributed by atoms with van der Waals surface area (Å²) in [5.74, 6) is 2.10. The normalized spacial score (nSPS) is 10.9.